The maximum absolute atomic E-state index is 13.4. The van der Waals surface area contributed by atoms with E-state index in [-0.39, 0.29) is 5.91 Å². The van der Waals surface area contributed by atoms with Crippen molar-refractivity contribution in [1.29, 1.82) is 0 Å². The number of rotatable bonds is 8. The SMILES string of the molecule is COc1ccc(CN(C(=O)c2cc(OC)c(OC)c(OC)c2)c2nccs2)cc1. The lowest BCUT2D eigenvalue weighted by Crippen LogP contribution is -2.30. The van der Waals surface area contributed by atoms with E-state index in [0.717, 1.165) is 11.3 Å². The van der Waals surface area contributed by atoms with Crippen molar-refractivity contribution >= 4 is 22.4 Å². The number of thiazole rings is 1. The minimum Gasteiger partial charge on any atom is -0.497 e. The average Bonchev–Trinajstić information content (AvgIpc) is 3.30. The van der Waals surface area contributed by atoms with Crippen molar-refractivity contribution in [2.75, 3.05) is 33.3 Å². The molecule has 0 bridgehead atoms. The highest BCUT2D eigenvalue weighted by atomic mass is 32.1. The molecular weight excluding hydrogens is 392 g/mol. The van der Waals surface area contributed by atoms with E-state index in [0.29, 0.717) is 34.5 Å². The first-order valence-corrected chi connectivity index (χ1v) is 9.63. The van der Waals surface area contributed by atoms with Crippen molar-refractivity contribution < 1.29 is 23.7 Å². The van der Waals surface area contributed by atoms with Crippen molar-refractivity contribution in [3.63, 3.8) is 0 Å². The maximum atomic E-state index is 13.4. The molecule has 0 unspecified atom stereocenters. The second-order valence-electron chi connectivity index (χ2n) is 5.97. The molecule has 0 atom stereocenters. The number of hydrogen-bond acceptors (Lipinski definition) is 7. The summed E-state index contributed by atoms with van der Waals surface area (Å²) in [4.78, 5) is 19.4. The van der Waals surface area contributed by atoms with Crippen LogP contribution in [0.2, 0.25) is 0 Å². The van der Waals surface area contributed by atoms with Gasteiger partial charge in [0, 0.05) is 17.1 Å². The smallest absolute Gasteiger partial charge is 0.260 e. The third kappa shape index (κ3) is 4.43. The molecule has 3 rings (SSSR count). The second-order valence-corrected chi connectivity index (χ2v) is 6.84. The van der Waals surface area contributed by atoms with Gasteiger partial charge in [-0.05, 0) is 29.8 Å². The quantitative estimate of drug-likeness (QED) is 0.554. The van der Waals surface area contributed by atoms with Gasteiger partial charge < -0.3 is 18.9 Å². The molecule has 0 saturated heterocycles. The standard InChI is InChI=1S/C21H22N2O5S/c1-25-16-7-5-14(6-8-16)13-23(21-22-9-10-29-21)20(24)15-11-17(26-2)19(28-4)18(12-15)27-3/h5-12H,13H2,1-4H3. The van der Waals surface area contributed by atoms with Crippen LogP contribution in [0.25, 0.3) is 0 Å². The number of carbonyl (C=O) groups is 1. The number of hydrogen-bond donors (Lipinski definition) is 0. The first-order valence-electron chi connectivity index (χ1n) is 8.75. The van der Waals surface area contributed by atoms with E-state index in [1.165, 1.54) is 32.7 Å². The first kappa shape index (κ1) is 20.5. The van der Waals surface area contributed by atoms with Gasteiger partial charge in [0.15, 0.2) is 16.6 Å². The lowest BCUT2D eigenvalue weighted by molar-refractivity contribution is 0.0984. The molecule has 3 aromatic rings. The van der Waals surface area contributed by atoms with Crippen LogP contribution in [0.1, 0.15) is 15.9 Å². The van der Waals surface area contributed by atoms with Gasteiger partial charge >= 0.3 is 0 Å². The zero-order valence-electron chi connectivity index (χ0n) is 16.7. The van der Waals surface area contributed by atoms with E-state index >= 15 is 0 Å². The Morgan fingerprint density at radius 2 is 1.62 bits per heavy atom. The van der Waals surface area contributed by atoms with Gasteiger partial charge in [0.1, 0.15) is 5.75 Å². The van der Waals surface area contributed by atoms with Gasteiger partial charge in [-0.15, -0.1) is 11.3 Å². The minimum absolute atomic E-state index is 0.227. The van der Waals surface area contributed by atoms with Crippen molar-refractivity contribution in [3.05, 3.63) is 59.1 Å². The fourth-order valence-electron chi connectivity index (χ4n) is 2.85. The monoisotopic (exact) mass is 414 g/mol. The number of methoxy groups -OCH3 is 4. The fraction of sp³-hybridized carbons (Fsp3) is 0.238. The Bertz CT molecular complexity index is 933. The number of ether oxygens (including phenoxy) is 4. The molecule has 1 aromatic heterocycles. The Hall–Kier alpha value is -3.26. The molecule has 0 N–H and O–H groups in total. The van der Waals surface area contributed by atoms with Gasteiger partial charge in [-0.2, -0.15) is 0 Å². The summed E-state index contributed by atoms with van der Waals surface area (Å²) >= 11 is 1.39. The molecule has 1 amide bonds. The molecule has 0 aliphatic rings. The Labute approximate surface area is 173 Å². The Kier molecular flexibility index (Phi) is 6.56. The molecule has 29 heavy (non-hydrogen) atoms. The number of amides is 1. The highest BCUT2D eigenvalue weighted by molar-refractivity contribution is 7.13. The molecule has 0 aliphatic carbocycles. The van der Waals surface area contributed by atoms with E-state index in [1.807, 2.05) is 29.6 Å². The molecular formula is C21H22N2O5S. The van der Waals surface area contributed by atoms with Crippen molar-refractivity contribution in [3.8, 4) is 23.0 Å². The van der Waals surface area contributed by atoms with Crippen LogP contribution in [0, 0.1) is 0 Å². The average molecular weight is 414 g/mol. The summed E-state index contributed by atoms with van der Waals surface area (Å²) in [5.41, 5.74) is 1.35. The molecule has 0 saturated carbocycles. The van der Waals surface area contributed by atoms with Gasteiger partial charge in [-0.1, -0.05) is 12.1 Å². The largest absolute Gasteiger partial charge is 0.497 e. The van der Waals surface area contributed by atoms with Crippen LogP contribution in [-0.4, -0.2) is 39.3 Å². The van der Waals surface area contributed by atoms with E-state index < -0.39 is 0 Å². The van der Waals surface area contributed by atoms with Gasteiger partial charge in [0.2, 0.25) is 5.75 Å². The first-order chi connectivity index (χ1) is 14.1. The Morgan fingerprint density at radius 1 is 0.966 bits per heavy atom. The summed E-state index contributed by atoms with van der Waals surface area (Å²) in [5, 5.41) is 2.43. The predicted molar refractivity (Wildman–Crippen MR) is 112 cm³/mol. The summed E-state index contributed by atoms with van der Waals surface area (Å²) < 4.78 is 21.3. The van der Waals surface area contributed by atoms with Crippen LogP contribution >= 0.6 is 11.3 Å². The highest BCUT2D eigenvalue weighted by Gasteiger charge is 2.24. The highest BCUT2D eigenvalue weighted by Crippen LogP contribution is 2.39. The molecule has 0 spiro atoms. The molecule has 8 heteroatoms. The summed E-state index contributed by atoms with van der Waals surface area (Å²) in [6.07, 6.45) is 1.67. The van der Waals surface area contributed by atoms with E-state index in [2.05, 4.69) is 4.98 Å². The van der Waals surface area contributed by atoms with Crippen LogP contribution in [0.4, 0.5) is 5.13 Å². The van der Waals surface area contributed by atoms with Crippen molar-refractivity contribution in [2.45, 2.75) is 6.54 Å². The molecule has 7 nitrogen and oxygen atoms in total. The summed E-state index contributed by atoms with van der Waals surface area (Å²) in [6.45, 7) is 0.354. The van der Waals surface area contributed by atoms with Gasteiger partial charge in [-0.3, -0.25) is 9.69 Å². The number of carbonyl (C=O) groups excluding carboxylic acids is 1. The number of aromatic nitrogens is 1. The molecule has 0 aliphatic heterocycles. The molecule has 0 fully saturated rings. The van der Waals surface area contributed by atoms with Crippen molar-refractivity contribution in [2.24, 2.45) is 0 Å². The molecule has 152 valence electrons. The zero-order chi connectivity index (χ0) is 20.8. The van der Waals surface area contributed by atoms with Crippen molar-refractivity contribution in [1.82, 2.24) is 4.98 Å². The minimum atomic E-state index is -0.227. The molecule has 1 heterocycles. The number of nitrogens with zero attached hydrogens (tertiary/aromatic N) is 2. The maximum Gasteiger partial charge on any atom is 0.260 e. The number of anilines is 1. The van der Waals surface area contributed by atoms with Crippen LogP contribution in [-0.2, 0) is 6.54 Å². The lowest BCUT2D eigenvalue weighted by Gasteiger charge is -2.21. The lowest BCUT2D eigenvalue weighted by atomic mass is 10.1. The second kappa shape index (κ2) is 9.29. The summed E-state index contributed by atoms with van der Waals surface area (Å²) in [6, 6.07) is 10.8. The Morgan fingerprint density at radius 3 is 2.10 bits per heavy atom. The third-order valence-corrected chi connectivity index (χ3v) is 5.10. The topological polar surface area (TPSA) is 70.1 Å². The predicted octanol–water partition coefficient (Wildman–Crippen LogP) is 4.02. The van der Waals surface area contributed by atoms with Crippen LogP contribution in [0.3, 0.4) is 0 Å². The zero-order valence-corrected chi connectivity index (χ0v) is 17.5. The summed E-state index contributed by atoms with van der Waals surface area (Å²) in [7, 11) is 6.17. The fourth-order valence-corrected chi connectivity index (χ4v) is 3.49. The van der Waals surface area contributed by atoms with Crippen LogP contribution < -0.4 is 23.8 Å². The third-order valence-electron chi connectivity index (χ3n) is 4.31. The number of benzene rings is 2. The van der Waals surface area contributed by atoms with E-state index in [1.54, 1.807) is 30.3 Å². The van der Waals surface area contributed by atoms with Crippen LogP contribution in [0.15, 0.2) is 48.0 Å². The van der Waals surface area contributed by atoms with E-state index in [9.17, 15) is 4.79 Å². The summed E-state index contributed by atoms with van der Waals surface area (Å²) in [5.74, 6) is 1.79. The molecule has 0 radical (unpaired) electrons. The normalized spacial score (nSPS) is 10.3. The van der Waals surface area contributed by atoms with Gasteiger partial charge in [0.25, 0.3) is 5.91 Å². The van der Waals surface area contributed by atoms with Crippen LogP contribution in [0.5, 0.6) is 23.0 Å². The molecule has 2 aromatic carbocycles. The van der Waals surface area contributed by atoms with Gasteiger partial charge in [-0.25, -0.2) is 4.98 Å². The Balaban J connectivity index is 1.99. The van der Waals surface area contributed by atoms with Gasteiger partial charge in [0.05, 0.1) is 35.0 Å². The van der Waals surface area contributed by atoms with E-state index in [4.69, 9.17) is 18.9 Å².